The maximum absolute atomic E-state index is 2.55. The van der Waals surface area contributed by atoms with Crippen LogP contribution in [0.3, 0.4) is 0 Å². The first-order valence-electron chi connectivity index (χ1n) is 47.0. The first-order chi connectivity index (χ1) is 53.8. The lowest BCUT2D eigenvalue weighted by Gasteiger charge is -2.44. The zero-order valence-corrected chi connectivity index (χ0v) is 83.2. The average Bonchev–Trinajstić information content (AvgIpc) is 0.734. The first kappa shape index (κ1) is 106. The van der Waals surface area contributed by atoms with Gasteiger partial charge < -0.3 is 29.4 Å². The largest absolute Gasteiger partial charge is 0.369 e. The molecule has 0 unspecified atom stereocenters. The molecule has 0 amide bonds. The van der Waals surface area contributed by atoms with Crippen molar-refractivity contribution in [2.45, 2.75) is 442 Å². The highest BCUT2D eigenvalue weighted by Crippen LogP contribution is 2.43. The molecule has 5 aromatic rings. The summed E-state index contributed by atoms with van der Waals surface area (Å²) in [7, 11) is 20.1. The van der Waals surface area contributed by atoms with Crippen molar-refractivity contribution in [3.63, 3.8) is 0 Å². The van der Waals surface area contributed by atoms with Gasteiger partial charge in [0.05, 0.1) is 0 Å². The van der Waals surface area contributed by atoms with E-state index in [9.17, 15) is 0 Å². The second-order valence-electron chi connectivity index (χ2n) is 39.4. The molecular weight excluding hydrogens is 1400 g/mol. The molecule has 0 aliphatic heterocycles. The van der Waals surface area contributed by atoms with E-state index in [1.54, 1.807) is 0 Å². The predicted octanol–water partition coefficient (Wildman–Crippen LogP) is 30.5. The maximum atomic E-state index is 2.55. The highest BCUT2D eigenvalue weighted by atomic mass is 15.2. The molecule has 0 saturated heterocycles. The van der Waals surface area contributed by atoms with Crippen LogP contribution >= 0.6 is 0 Å². The van der Waals surface area contributed by atoms with Gasteiger partial charge in [-0.15, -0.1) is 0 Å². The smallest absolute Gasteiger partial charge is 0.0438 e. The highest BCUT2D eigenvalue weighted by molar-refractivity contribution is 5.64. The van der Waals surface area contributed by atoms with E-state index in [0.29, 0.717) is 51.6 Å². The molecule has 4 aliphatic carbocycles. The van der Waals surface area contributed by atoms with Crippen molar-refractivity contribution in [3.05, 3.63) is 149 Å². The Bertz CT molecular complexity index is 3290. The predicted molar refractivity (Wildman–Crippen MR) is 523 cm³/mol. The lowest BCUT2D eigenvalue weighted by atomic mass is 9.81. The summed E-state index contributed by atoms with van der Waals surface area (Å²) in [6, 6.07) is 42.6. The molecule has 4 fully saturated rings. The van der Waals surface area contributed by atoms with E-state index < -0.39 is 0 Å². The third-order valence-electron chi connectivity index (χ3n) is 30.7. The van der Waals surface area contributed by atoms with Gasteiger partial charge in [-0.2, -0.15) is 0 Å². The quantitative estimate of drug-likeness (QED) is 0.0570. The molecule has 658 valence electrons. The maximum Gasteiger partial charge on any atom is 0.0438 e. The molecule has 0 aromatic heterocycles. The molecule has 115 heavy (non-hydrogen) atoms. The van der Waals surface area contributed by atoms with Crippen LogP contribution in [-0.4, -0.2) is 135 Å². The van der Waals surface area contributed by atoms with Crippen LogP contribution in [0.25, 0.3) is 0 Å². The number of hydrogen-bond donors (Lipinski definition) is 0. The first-order valence-corrected chi connectivity index (χ1v) is 47.0. The fraction of sp³-hybridized carbons (Fsp3) is 0.720. The van der Waals surface area contributed by atoms with Gasteiger partial charge in [0, 0.05) is 120 Å². The van der Waals surface area contributed by atoms with E-state index >= 15 is 0 Å². The van der Waals surface area contributed by atoms with Crippen LogP contribution in [0, 0.1) is 27.7 Å². The standard InChI is InChI=1S/C19H33N.C16H25N.C15H25N.C14H21N.C13H21N.C11H23N.C10H23N.C9H19N/c1-9-19(7,10-2)20(8)18-16(14(3)4)12-11-13-17(18)15(5)6;1-13-9-8-10-14(2)15(13)17(4)16(3)11-6-5-7-12-16;1-7-15(5,8-2)16(6)14-12(3)10-9-11-13(14)4;1-14(11-7-4-8-12-14)15(2)13-9-5-3-6-10-13;1-5-13(3,6-2)14(4)12-10-8-7-9-11-12;1-10(2)12(4)11(3)8-6-5-7-9-11;1-7-10(5,8-2)11(6)9(3)4;1-9(10(2)3)7-5-4-6-8-9/h11-15H,9-10H2,1-8H3;8-10H,5-7,11-12H2,1-4H3;9-11H,7-8H2,1-6H3;3,5-6,9-10H,4,7-8,11-12H2,1-2H3;7-11H,5-6H2,1-4H3;10H,5-9H2,1-4H3;9H,7-8H2,1-6H3;4-8H2,1-3H3. The van der Waals surface area contributed by atoms with Gasteiger partial charge >= 0.3 is 0 Å². The van der Waals surface area contributed by atoms with Gasteiger partial charge in [0.15, 0.2) is 0 Å². The third kappa shape index (κ3) is 30.9. The summed E-state index contributed by atoms with van der Waals surface area (Å²) in [4.78, 5) is 19.8. The van der Waals surface area contributed by atoms with Crippen LogP contribution in [0.2, 0.25) is 0 Å². The van der Waals surface area contributed by atoms with E-state index in [0.717, 1.165) is 0 Å². The van der Waals surface area contributed by atoms with Crippen LogP contribution in [0.4, 0.5) is 28.4 Å². The minimum Gasteiger partial charge on any atom is -0.369 e. The summed E-state index contributed by atoms with van der Waals surface area (Å²) >= 11 is 0. The van der Waals surface area contributed by atoms with Gasteiger partial charge in [0.2, 0.25) is 0 Å². The Morgan fingerprint density at radius 3 is 0.852 bits per heavy atom. The molecule has 0 heterocycles. The lowest BCUT2D eigenvalue weighted by Crippen LogP contribution is -2.48. The van der Waals surface area contributed by atoms with Gasteiger partial charge in [0.1, 0.15) is 0 Å². The van der Waals surface area contributed by atoms with Crippen molar-refractivity contribution in [2.24, 2.45) is 0 Å². The Balaban J connectivity index is 0.000000449. The second kappa shape index (κ2) is 50.3. The lowest BCUT2D eigenvalue weighted by molar-refractivity contribution is 0.0650. The molecule has 8 nitrogen and oxygen atoms in total. The number of hydrogen-bond acceptors (Lipinski definition) is 8. The SMILES string of the molecule is CC(C)N(C)C1(C)CCCCC1.CCC(C)(CC)N(C)C(C)C.CCC(C)(CC)N(C)c1c(C(C)C)cccc1C(C)C.CCC(C)(CC)N(C)c1c(C)cccc1C.CCC(C)(CC)N(C)c1ccccc1.CN(C)C1(C)CCCCC1.CN(c1ccccc1)C1(C)CCCCC1.Cc1cccc(C)c1N(C)C1(C)CCCCC1. The summed E-state index contributed by atoms with van der Waals surface area (Å²) in [5.41, 5.74) is 18.4. The number of benzene rings is 5. The van der Waals surface area contributed by atoms with Crippen molar-refractivity contribution in [1.29, 1.82) is 0 Å². The Labute approximate surface area is 717 Å². The Hall–Kier alpha value is -5.02. The molecule has 4 aliphatic rings. The highest BCUT2D eigenvalue weighted by Gasteiger charge is 2.37. The molecule has 8 heteroatoms. The average molecular weight is 1590 g/mol. The fourth-order valence-corrected chi connectivity index (χ4v) is 18.2. The molecule has 9 rings (SSSR count). The van der Waals surface area contributed by atoms with Crippen molar-refractivity contribution in [1.82, 2.24) is 14.7 Å². The summed E-state index contributed by atoms with van der Waals surface area (Å²) in [5.74, 6) is 1.12. The summed E-state index contributed by atoms with van der Waals surface area (Å²) in [5, 5.41) is 0. The van der Waals surface area contributed by atoms with Crippen LogP contribution in [0.1, 0.15) is 391 Å². The monoisotopic (exact) mass is 1590 g/mol. The number of para-hydroxylation sites is 5. The Morgan fingerprint density at radius 1 is 0.287 bits per heavy atom. The van der Waals surface area contributed by atoms with E-state index in [2.05, 4.69) is 412 Å². The molecule has 5 aromatic carbocycles. The fourth-order valence-electron chi connectivity index (χ4n) is 18.2. The van der Waals surface area contributed by atoms with Gasteiger partial charge in [-0.25, -0.2) is 0 Å². The Kier molecular flexibility index (Phi) is 46.4. The van der Waals surface area contributed by atoms with E-state index in [1.165, 1.54) is 242 Å². The number of anilines is 5. The summed E-state index contributed by atoms with van der Waals surface area (Å²) in [6.07, 6.45) is 37.3. The van der Waals surface area contributed by atoms with Crippen molar-refractivity contribution in [3.8, 4) is 0 Å². The van der Waals surface area contributed by atoms with Gasteiger partial charge in [-0.3, -0.25) is 9.80 Å². The van der Waals surface area contributed by atoms with Crippen LogP contribution in [-0.2, 0) is 0 Å². The minimum absolute atomic E-state index is 0.231. The molecule has 4 saturated carbocycles. The molecule has 0 radical (unpaired) electrons. The zero-order chi connectivity index (χ0) is 87.5. The molecule has 0 bridgehead atoms. The molecular formula is C107H190N8. The van der Waals surface area contributed by atoms with Crippen molar-refractivity contribution < 1.29 is 0 Å². The molecule has 0 spiro atoms. The molecule has 0 atom stereocenters. The normalized spacial score (nSPS) is 16.5. The number of aryl methyl sites for hydroxylation is 4. The summed E-state index contributed by atoms with van der Waals surface area (Å²) in [6.45, 7) is 64.3. The van der Waals surface area contributed by atoms with Crippen molar-refractivity contribution >= 4 is 28.4 Å². The molecule has 0 N–H and O–H groups in total. The second-order valence-corrected chi connectivity index (χ2v) is 39.4. The number of nitrogens with zero attached hydrogens (tertiary/aromatic N) is 8. The number of rotatable bonds is 25. The van der Waals surface area contributed by atoms with Crippen molar-refractivity contribution in [2.75, 3.05) is 87.9 Å². The third-order valence-corrected chi connectivity index (χ3v) is 30.7. The van der Waals surface area contributed by atoms with E-state index in [4.69, 9.17) is 0 Å². The van der Waals surface area contributed by atoms with Crippen LogP contribution in [0.15, 0.2) is 115 Å². The van der Waals surface area contributed by atoms with E-state index in [-0.39, 0.29) is 16.6 Å². The van der Waals surface area contributed by atoms with Gasteiger partial charge in [-0.05, 0) is 311 Å². The zero-order valence-electron chi connectivity index (χ0n) is 83.2. The minimum atomic E-state index is 0.231. The van der Waals surface area contributed by atoms with E-state index in [1.807, 2.05) is 0 Å². The Morgan fingerprint density at radius 2 is 0.565 bits per heavy atom. The van der Waals surface area contributed by atoms with Crippen LogP contribution in [0.5, 0.6) is 0 Å². The van der Waals surface area contributed by atoms with Crippen LogP contribution < -0.4 is 24.5 Å². The van der Waals surface area contributed by atoms with Gasteiger partial charge in [-0.1, -0.05) is 251 Å². The topological polar surface area (TPSA) is 25.9 Å². The summed E-state index contributed by atoms with van der Waals surface area (Å²) < 4.78 is 0. The van der Waals surface area contributed by atoms with Gasteiger partial charge in [0.25, 0.3) is 0 Å².